The lowest BCUT2D eigenvalue weighted by molar-refractivity contribution is -0.119. The number of hydrogen-bond acceptors (Lipinski definition) is 3. The van der Waals surface area contributed by atoms with Crippen LogP contribution in [0.1, 0.15) is 29.5 Å². The smallest absolute Gasteiger partial charge is 0.226 e. The molecule has 1 amide bonds. The first-order valence-corrected chi connectivity index (χ1v) is 9.21. The number of aryl methyl sites for hydroxylation is 3. The Morgan fingerprint density at radius 1 is 1.12 bits per heavy atom. The van der Waals surface area contributed by atoms with Gasteiger partial charge in [0.15, 0.2) is 5.11 Å². The van der Waals surface area contributed by atoms with E-state index in [2.05, 4.69) is 10.6 Å². The first-order valence-electron chi connectivity index (χ1n) is 8.42. The Hall–Kier alpha value is -2.11. The first kappa shape index (κ1) is 20.2. The molecule has 2 aromatic carbocycles. The van der Waals surface area contributed by atoms with Crippen molar-refractivity contribution in [3.05, 3.63) is 58.1 Å². The second-order valence-electron chi connectivity index (χ2n) is 6.21. The van der Waals surface area contributed by atoms with E-state index in [4.69, 9.17) is 28.6 Å². The van der Waals surface area contributed by atoms with Gasteiger partial charge < -0.3 is 15.4 Å². The zero-order chi connectivity index (χ0) is 19.1. The van der Waals surface area contributed by atoms with E-state index >= 15 is 0 Å². The molecule has 0 spiro atoms. The average Bonchev–Trinajstić information content (AvgIpc) is 2.56. The highest BCUT2D eigenvalue weighted by molar-refractivity contribution is 7.80. The molecule has 6 heteroatoms. The van der Waals surface area contributed by atoms with Crippen LogP contribution in [0.5, 0.6) is 5.75 Å². The molecular formula is C20H23ClN2O2S. The number of nitrogens with one attached hydrogen (secondary N) is 2. The number of thiocarbonyl (C=S) groups is 1. The molecule has 0 aliphatic rings. The van der Waals surface area contributed by atoms with Crippen LogP contribution in [0, 0.1) is 20.8 Å². The van der Waals surface area contributed by atoms with Crippen molar-refractivity contribution in [3.63, 3.8) is 0 Å². The zero-order valence-electron chi connectivity index (χ0n) is 15.2. The van der Waals surface area contributed by atoms with Crippen LogP contribution in [0.2, 0.25) is 5.02 Å². The normalized spacial score (nSPS) is 10.3. The largest absolute Gasteiger partial charge is 0.494 e. The second-order valence-corrected chi connectivity index (χ2v) is 7.02. The van der Waals surface area contributed by atoms with Gasteiger partial charge in [-0.25, -0.2) is 0 Å². The first-order chi connectivity index (χ1) is 12.3. The summed E-state index contributed by atoms with van der Waals surface area (Å²) < 4.78 is 5.61. The van der Waals surface area contributed by atoms with E-state index in [1.54, 1.807) is 0 Å². The van der Waals surface area contributed by atoms with Crippen LogP contribution < -0.4 is 15.4 Å². The van der Waals surface area contributed by atoms with Crippen molar-refractivity contribution < 1.29 is 9.53 Å². The van der Waals surface area contributed by atoms with Gasteiger partial charge in [0.05, 0.1) is 17.3 Å². The maximum absolute atomic E-state index is 12.0. The summed E-state index contributed by atoms with van der Waals surface area (Å²) in [5.41, 5.74) is 3.94. The van der Waals surface area contributed by atoms with Gasteiger partial charge in [0.2, 0.25) is 5.91 Å². The minimum Gasteiger partial charge on any atom is -0.494 e. The molecular weight excluding hydrogens is 368 g/mol. The molecule has 0 radical (unpaired) electrons. The number of amides is 1. The van der Waals surface area contributed by atoms with E-state index in [0.29, 0.717) is 30.2 Å². The summed E-state index contributed by atoms with van der Waals surface area (Å²) in [4.78, 5) is 12.0. The van der Waals surface area contributed by atoms with E-state index in [1.807, 2.05) is 57.2 Å². The summed E-state index contributed by atoms with van der Waals surface area (Å²) in [6.45, 7) is 6.41. The predicted octanol–water partition coefficient (Wildman–Crippen LogP) is 4.94. The average molecular weight is 391 g/mol. The molecule has 2 N–H and O–H groups in total. The van der Waals surface area contributed by atoms with E-state index in [0.717, 1.165) is 16.9 Å². The maximum Gasteiger partial charge on any atom is 0.226 e. The summed E-state index contributed by atoms with van der Waals surface area (Å²) >= 11 is 11.4. The van der Waals surface area contributed by atoms with Crippen molar-refractivity contribution in [2.45, 2.75) is 33.6 Å². The molecule has 0 bridgehead atoms. The summed E-state index contributed by atoms with van der Waals surface area (Å²) in [6, 6.07) is 11.7. The van der Waals surface area contributed by atoms with Crippen molar-refractivity contribution >= 4 is 40.5 Å². The van der Waals surface area contributed by atoms with E-state index < -0.39 is 0 Å². The van der Waals surface area contributed by atoms with Gasteiger partial charge in [0.25, 0.3) is 0 Å². The molecule has 0 atom stereocenters. The van der Waals surface area contributed by atoms with Gasteiger partial charge in [0, 0.05) is 6.42 Å². The van der Waals surface area contributed by atoms with Gasteiger partial charge in [-0.15, -0.1) is 0 Å². The number of anilines is 1. The van der Waals surface area contributed by atoms with Gasteiger partial charge in [-0.3, -0.25) is 4.79 Å². The van der Waals surface area contributed by atoms with Crippen LogP contribution in [0.4, 0.5) is 5.69 Å². The van der Waals surface area contributed by atoms with Crippen molar-refractivity contribution in [3.8, 4) is 5.75 Å². The molecule has 0 saturated heterocycles. The standard InChI is InChI=1S/C20H23ClN2O2S/c1-13-6-8-16(9-7-13)25-10-4-5-18(24)22-20(26)23-19-15(3)11-14(2)12-17(19)21/h6-9,11-12H,4-5,10H2,1-3H3,(H2,22,23,24,26). The molecule has 4 nitrogen and oxygen atoms in total. The third-order valence-corrected chi connectivity index (χ3v) is 4.26. The van der Waals surface area contributed by atoms with Crippen LogP contribution in [-0.2, 0) is 4.79 Å². The SMILES string of the molecule is Cc1ccc(OCCCC(=O)NC(=S)Nc2c(C)cc(C)cc2Cl)cc1. The Kier molecular flexibility index (Phi) is 7.42. The Balaban J connectivity index is 1.73. The molecule has 0 aromatic heterocycles. The maximum atomic E-state index is 12.0. The zero-order valence-corrected chi connectivity index (χ0v) is 16.8. The molecule has 2 rings (SSSR count). The Morgan fingerprint density at radius 2 is 1.81 bits per heavy atom. The lowest BCUT2D eigenvalue weighted by Gasteiger charge is -2.14. The number of carbonyl (C=O) groups excluding carboxylic acids is 1. The third-order valence-electron chi connectivity index (χ3n) is 3.76. The Morgan fingerprint density at radius 3 is 2.46 bits per heavy atom. The fourth-order valence-corrected chi connectivity index (χ4v) is 3.05. The van der Waals surface area contributed by atoms with Crippen molar-refractivity contribution in [1.29, 1.82) is 0 Å². The fourth-order valence-electron chi connectivity index (χ4n) is 2.47. The van der Waals surface area contributed by atoms with Crippen LogP contribution in [0.25, 0.3) is 0 Å². The Bertz CT molecular complexity index is 768. The fraction of sp³-hybridized carbons (Fsp3) is 0.300. The van der Waals surface area contributed by atoms with Gasteiger partial charge >= 0.3 is 0 Å². The topological polar surface area (TPSA) is 50.4 Å². The van der Waals surface area contributed by atoms with Crippen LogP contribution in [0.3, 0.4) is 0 Å². The third kappa shape index (κ3) is 6.32. The summed E-state index contributed by atoms with van der Waals surface area (Å²) in [5, 5.41) is 6.48. The van der Waals surface area contributed by atoms with E-state index in [1.165, 1.54) is 5.56 Å². The number of hydrogen-bond donors (Lipinski definition) is 2. The molecule has 2 aromatic rings. The molecule has 26 heavy (non-hydrogen) atoms. The van der Waals surface area contributed by atoms with Crippen molar-refractivity contribution in [2.75, 3.05) is 11.9 Å². The molecule has 0 unspecified atom stereocenters. The lowest BCUT2D eigenvalue weighted by atomic mass is 10.1. The highest BCUT2D eigenvalue weighted by Gasteiger charge is 2.09. The second kappa shape index (κ2) is 9.55. The van der Waals surface area contributed by atoms with Crippen molar-refractivity contribution in [2.24, 2.45) is 0 Å². The number of ether oxygens (including phenoxy) is 1. The molecule has 138 valence electrons. The summed E-state index contributed by atoms with van der Waals surface area (Å²) in [7, 11) is 0. The van der Waals surface area contributed by atoms with Gasteiger partial charge in [-0.05, 0) is 68.7 Å². The van der Waals surface area contributed by atoms with Crippen LogP contribution in [-0.4, -0.2) is 17.6 Å². The molecule has 0 saturated carbocycles. The Labute approximate surface area is 164 Å². The minimum absolute atomic E-state index is 0.157. The van der Waals surface area contributed by atoms with E-state index in [-0.39, 0.29) is 11.0 Å². The highest BCUT2D eigenvalue weighted by Crippen LogP contribution is 2.27. The minimum atomic E-state index is -0.157. The predicted molar refractivity (Wildman–Crippen MR) is 111 cm³/mol. The molecule has 0 fully saturated rings. The number of carbonyl (C=O) groups is 1. The van der Waals surface area contributed by atoms with Gasteiger partial charge in [-0.1, -0.05) is 35.4 Å². The summed E-state index contributed by atoms with van der Waals surface area (Å²) in [6.07, 6.45) is 0.931. The van der Waals surface area contributed by atoms with Crippen LogP contribution in [0.15, 0.2) is 36.4 Å². The lowest BCUT2D eigenvalue weighted by Crippen LogP contribution is -2.34. The summed E-state index contributed by atoms with van der Waals surface area (Å²) in [5.74, 6) is 0.647. The monoisotopic (exact) mass is 390 g/mol. The van der Waals surface area contributed by atoms with Crippen molar-refractivity contribution in [1.82, 2.24) is 5.32 Å². The van der Waals surface area contributed by atoms with Gasteiger partial charge in [0.1, 0.15) is 5.75 Å². The number of halogens is 1. The van der Waals surface area contributed by atoms with E-state index in [9.17, 15) is 4.79 Å². The molecule has 0 aliphatic heterocycles. The highest BCUT2D eigenvalue weighted by atomic mass is 35.5. The van der Waals surface area contributed by atoms with Gasteiger partial charge in [-0.2, -0.15) is 0 Å². The number of rotatable bonds is 6. The number of benzene rings is 2. The molecule has 0 aliphatic carbocycles. The molecule has 0 heterocycles. The quantitative estimate of drug-likeness (QED) is 0.542. The van der Waals surface area contributed by atoms with Crippen LogP contribution >= 0.6 is 23.8 Å².